The molecule has 0 heterocycles. The Morgan fingerprint density at radius 1 is 1.15 bits per heavy atom. The molecule has 1 unspecified atom stereocenters. The van der Waals surface area contributed by atoms with Crippen molar-refractivity contribution in [2.45, 2.75) is 19.8 Å². The summed E-state index contributed by atoms with van der Waals surface area (Å²) in [6, 6.07) is 13.2. The second-order valence-electron chi connectivity index (χ2n) is 6.28. The van der Waals surface area contributed by atoms with Crippen LogP contribution in [0.1, 0.15) is 29.3 Å². The van der Waals surface area contributed by atoms with E-state index in [1.165, 1.54) is 12.1 Å². The summed E-state index contributed by atoms with van der Waals surface area (Å²) in [6.07, 6.45) is 0.874. The number of benzene rings is 2. The van der Waals surface area contributed by atoms with E-state index in [4.69, 9.17) is 5.73 Å². The predicted octanol–water partition coefficient (Wildman–Crippen LogP) is 2.72. The van der Waals surface area contributed by atoms with Crippen LogP contribution in [0.3, 0.4) is 0 Å². The van der Waals surface area contributed by atoms with Crippen molar-refractivity contribution >= 4 is 17.5 Å². The van der Waals surface area contributed by atoms with Crippen LogP contribution in [0.25, 0.3) is 0 Å². The molecular weight excluding hydrogens is 333 g/mol. The largest absolute Gasteiger partial charge is 0.351 e. The number of carbonyl (C=O) groups is 2. The van der Waals surface area contributed by atoms with Gasteiger partial charge in [-0.2, -0.15) is 0 Å². The first-order chi connectivity index (χ1) is 12.5. The molecular formula is C20H24FN3O2. The Hall–Kier alpha value is -2.73. The maximum atomic E-state index is 13.3. The monoisotopic (exact) mass is 357 g/mol. The topological polar surface area (TPSA) is 84.2 Å². The zero-order valence-electron chi connectivity index (χ0n) is 14.8. The number of carbonyl (C=O) groups excluding carboxylic acids is 2. The Labute approximate surface area is 152 Å². The predicted molar refractivity (Wildman–Crippen MR) is 100 cm³/mol. The summed E-state index contributed by atoms with van der Waals surface area (Å²) in [5.74, 6) is -0.710. The molecule has 1 atom stereocenters. The molecule has 2 amide bonds. The van der Waals surface area contributed by atoms with Crippen LogP contribution in [0.2, 0.25) is 0 Å². The first-order valence-electron chi connectivity index (χ1n) is 8.61. The highest BCUT2D eigenvalue weighted by molar-refractivity contribution is 6.03. The fraction of sp³-hybridized carbons (Fsp3) is 0.300. The van der Waals surface area contributed by atoms with E-state index in [0.29, 0.717) is 30.8 Å². The second-order valence-corrected chi connectivity index (χ2v) is 6.28. The summed E-state index contributed by atoms with van der Waals surface area (Å²) in [7, 11) is 0. The number of halogens is 1. The second kappa shape index (κ2) is 9.68. The van der Waals surface area contributed by atoms with Crippen LogP contribution in [0.5, 0.6) is 0 Å². The van der Waals surface area contributed by atoms with E-state index in [0.717, 1.165) is 5.56 Å². The summed E-state index contributed by atoms with van der Waals surface area (Å²) in [5.41, 5.74) is 7.11. The average molecular weight is 357 g/mol. The first kappa shape index (κ1) is 19.6. The summed E-state index contributed by atoms with van der Waals surface area (Å²) in [5, 5.41) is 5.48. The lowest BCUT2D eigenvalue weighted by Crippen LogP contribution is -2.30. The van der Waals surface area contributed by atoms with Crippen LogP contribution in [0.15, 0.2) is 48.5 Å². The van der Waals surface area contributed by atoms with Gasteiger partial charge in [-0.05, 0) is 42.2 Å². The van der Waals surface area contributed by atoms with Gasteiger partial charge in [-0.15, -0.1) is 0 Å². The van der Waals surface area contributed by atoms with Crippen molar-refractivity contribution in [3.8, 4) is 0 Å². The van der Waals surface area contributed by atoms with E-state index in [9.17, 15) is 14.0 Å². The molecule has 0 saturated heterocycles. The minimum atomic E-state index is -0.281. The van der Waals surface area contributed by atoms with Gasteiger partial charge in [-0.1, -0.05) is 31.2 Å². The van der Waals surface area contributed by atoms with Crippen LogP contribution in [0.4, 0.5) is 10.1 Å². The maximum absolute atomic E-state index is 13.3. The van der Waals surface area contributed by atoms with Crippen molar-refractivity contribution in [2.75, 3.05) is 18.4 Å². The number of nitrogens with one attached hydrogen (secondary N) is 2. The summed E-state index contributed by atoms with van der Waals surface area (Å²) >= 11 is 0. The smallest absolute Gasteiger partial charge is 0.253 e. The average Bonchev–Trinajstić information content (AvgIpc) is 2.59. The van der Waals surface area contributed by atoms with E-state index in [2.05, 4.69) is 10.6 Å². The molecule has 6 heteroatoms. The van der Waals surface area contributed by atoms with Crippen molar-refractivity contribution in [1.29, 1.82) is 0 Å². The fourth-order valence-corrected chi connectivity index (χ4v) is 2.73. The van der Waals surface area contributed by atoms with Crippen molar-refractivity contribution < 1.29 is 14.0 Å². The Bertz CT molecular complexity index is 764. The Morgan fingerprint density at radius 2 is 1.92 bits per heavy atom. The van der Waals surface area contributed by atoms with Gasteiger partial charge in [0.1, 0.15) is 5.82 Å². The number of nitrogens with two attached hydrogens (primary N) is 1. The number of para-hydroxylation sites is 1. The fourth-order valence-electron chi connectivity index (χ4n) is 2.73. The van der Waals surface area contributed by atoms with Crippen LogP contribution in [0, 0.1) is 11.7 Å². The van der Waals surface area contributed by atoms with Gasteiger partial charge in [0.05, 0.1) is 11.3 Å². The molecule has 0 aliphatic rings. The Balaban J connectivity index is 1.96. The highest BCUT2D eigenvalue weighted by Gasteiger charge is 2.15. The molecule has 5 nitrogen and oxygen atoms in total. The van der Waals surface area contributed by atoms with Crippen molar-refractivity contribution in [2.24, 2.45) is 11.7 Å². The summed E-state index contributed by atoms with van der Waals surface area (Å²) in [4.78, 5) is 24.5. The van der Waals surface area contributed by atoms with Crippen molar-refractivity contribution in [1.82, 2.24) is 5.32 Å². The number of rotatable bonds is 8. The molecule has 0 bridgehead atoms. The molecule has 2 rings (SSSR count). The maximum Gasteiger partial charge on any atom is 0.253 e. The van der Waals surface area contributed by atoms with Crippen molar-refractivity contribution in [3.05, 3.63) is 65.5 Å². The molecule has 0 saturated carbocycles. The lowest BCUT2D eigenvalue weighted by atomic mass is 9.97. The highest BCUT2D eigenvalue weighted by Crippen LogP contribution is 2.18. The number of hydrogen-bond acceptors (Lipinski definition) is 3. The van der Waals surface area contributed by atoms with E-state index < -0.39 is 0 Å². The van der Waals surface area contributed by atoms with Gasteiger partial charge < -0.3 is 16.4 Å². The van der Waals surface area contributed by atoms with Crippen LogP contribution < -0.4 is 16.4 Å². The Kier molecular flexibility index (Phi) is 7.29. The quantitative estimate of drug-likeness (QED) is 0.679. The van der Waals surface area contributed by atoms with Crippen LogP contribution in [-0.2, 0) is 11.2 Å². The molecule has 4 N–H and O–H groups in total. The lowest BCUT2D eigenvalue weighted by Gasteiger charge is -2.14. The molecule has 0 fully saturated rings. The minimum Gasteiger partial charge on any atom is -0.351 e. The first-order valence-corrected chi connectivity index (χ1v) is 8.61. The van der Waals surface area contributed by atoms with E-state index >= 15 is 0 Å². The summed E-state index contributed by atoms with van der Waals surface area (Å²) in [6.45, 7) is 2.65. The number of amides is 2. The van der Waals surface area contributed by atoms with Gasteiger partial charge in [0.15, 0.2) is 0 Å². The van der Waals surface area contributed by atoms with E-state index in [1.807, 2.05) is 13.0 Å². The molecule has 0 aromatic heterocycles. The standard InChI is InChI=1S/C20H24FN3O2/c1-14(11-15-5-4-6-16(21)13-15)12-19(25)24-18-8-3-2-7-17(18)20(26)23-10-9-22/h2-8,13-14H,9-12,22H2,1H3,(H,23,26)(H,24,25). The zero-order chi connectivity index (χ0) is 18.9. The van der Waals surface area contributed by atoms with Gasteiger partial charge in [-0.3, -0.25) is 9.59 Å². The molecule has 0 aliphatic heterocycles. The van der Waals surface area contributed by atoms with Crippen molar-refractivity contribution in [3.63, 3.8) is 0 Å². The van der Waals surface area contributed by atoms with Gasteiger partial charge in [0.25, 0.3) is 5.91 Å². The number of anilines is 1. The molecule has 0 spiro atoms. The highest BCUT2D eigenvalue weighted by atomic mass is 19.1. The lowest BCUT2D eigenvalue weighted by molar-refractivity contribution is -0.116. The molecule has 2 aromatic rings. The van der Waals surface area contributed by atoms with Gasteiger partial charge in [0.2, 0.25) is 5.91 Å². The van der Waals surface area contributed by atoms with Crippen LogP contribution >= 0.6 is 0 Å². The van der Waals surface area contributed by atoms with E-state index in [-0.39, 0.29) is 30.0 Å². The molecule has 0 radical (unpaired) electrons. The SMILES string of the molecule is CC(CC(=O)Nc1ccccc1C(=O)NCCN)Cc1cccc(F)c1. The van der Waals surface area contributed by atoms with Gasteiger partial charge >= 0.3 is 0 Å². The molecule has 138 valence electrons. The third kappa shape index (κ3) is 5.97. The van der Waals surface area contributed by atoms with Crippen LogP contribution in [-0.4, -0.2) is 24.9 Å². The molecule has 26 heavy (non-hydrogen) atoms. The summed E-state index contributed by atoms with van der Waals surface area (Å²) < 4.78 is 13.3. The minimum absolute atomic E-state index is 0.0371. The van der Waals surface area contributed by atoms with Gasteiger partial charge in [0, 0.05) is 19.5 Å². The third-order valence-electron chi connectivity index (χ3n) is 3.88. The third-order valence-corrected chi connectivity index (χ3v) is 3.88. The normalized spacial score (nSPS) is 11.7. The van der Waals surface area contributed by atoms with E-state index in [1.54, 1.807) is 30.3 Å². The molecule has 2 aromatic carbocycles. The van der Waals surface area contributed by atoms with Gasteiger partial charge in [-0.25, -0.2) is 4.39 Å². The zero-order valence-corrected chi connectivity index (χ0v) is 14.8. The number of hydrogen-bond donors (Lipinski definition) is 3. The Morgan fingerprint density at radius 3 is 2.65 bits per heavy atom. The molecule has 0 aliphatic carbocycles.